The molecule has 19 heavy (non-hydrogen) atoms. The van der Waals surface area contributed by atoms with Crippen molar-refractivity contribution >= 4 is 11.8 Å². The first kappa shape index (κ1) is 17.2. The highest BCUT2D eigenvalue weighted by molar-refractivity contribution is 8.00. The number of rotatable bonds is 5. The van der Waals surface area contributed by atoms with Gasteiger partial charge >= 0.3 is 5.51 Å². The van der Waals surface area contributed by atoms with Crippen LogP contribution in [0.4, 0.5) is 13.2 Å². The average Bonchev–Trinajstić information content (AvgIpc) is 2.26. The molecule has 1 aliphatic carbocycles. The molecule has 1 aliphatic rings. The summed E-state index contributed by atoms with van der Waals surface area (Å²) in [6, 6.07) is 0.439. The third-order valence-corrected chi connectivity index (χ3v) is 5.23. The zero-order chi connectivity index (χ0) is 14.7. The van der Waals surface area contributed by atoms with Gasteiger partial charge < -0.3 is 5.32 Å². The molecule has 5 heteroatoms. The third-order valence-electron chi connectivity index (χ3n) is 4.50. The first-order chi connectivity index (χ1) is 8.65. The highest BCUT2D eigenvalue weighted by Gasteiger charge is 2.39. The maximum Gasteiger partial charge on any atom is 0.441 e. The lowest BCUT2D eigenvalue weighted by Crippen LogP contribution is -2.45. The van der Waals surface area contributed by atoms with Crippen molar-refractivity contribution < 1.29 is 13.2 Å². The molecular weight excluding hydrogens is 271 g/mol. The lowest BCUT2D eigenvalue weighted by atomic mass is 9.65. The fraction of sp³-hybridized carbons (Fsp3) is 1.00. The monoisotopic (exact) mass is 297 g/mol. The minimum atomic E-state index is -4.10. The third kappa shape index (κ3) is 5.54. The average molecular weight is 297 g/mol. The molecule has 1 rings (SSSR count). The van der Waals surface area contributed by atoms with Gasteiger partial charge in [-0.25, -0.2) is 0 Å². The van der Waals surface area contributed by atoms with Crippen LogP contribution in [0.5, 0.6) is 0 Å². The molecule has 0 amide bonds. The predicted molar refractivity (Wildman–Crippen MR) is 76.3 cm³/mol. The molecule has 0 spiro atoms. The molecule has 0 aromatic carbocycles. The van der Waals surface area contributed by atoms with E-state index in [9.17, 15) is 13.2 Å². The van der Waals surface area contributed by atoms with E-state index in [1.807, 2.05) is 7.05 Å². The Hall–Kier alpha value is 0.100. The summed E-state index contributed by atoms with van der Waals surface area (Å²) >= 11 is 0.113. The molecule has 0 aliphatic heterocycles. The van der Waals surface area contributed by atoms with Gasteiger partial charge in [-0.2, -0.15) is 13.2 Å². The highest BCUT2D eigenvalue weighted by atomic mass is 32.2. The molecule has 114 valence electrons. The molecule has 0 heterocycles. The van der Waals surface area contributed by atoms with Gasteiger partial charge in [0.15, 0.2) is 0 Å². The van der Waals surface area contributed by atoms with Gasteiger partial charge in [0.25, 0.3) is 0 Å². The second kappa shape index (κ2) is 6.70. The second-order valence-corrected chi connectivity index (χ2v) is 7.61. The number of nitrogens with one attached hydrogen (secondary N) is 1. The lowest BCUT2D eigenvalue weighted by molar-refractivity contribution is -0.0330. The highest BCUT2D eigenvalue weighted by Crippen LogP contribution is 2.44. The predicted octanol–water partition coefficient (Wildman–Crippen LogP) is 4.68. The van der Waals surface area contributed by atoms with Crippen molar-refractivity contribution in [2.75, 3.05) is 12.8 Å². The molecule has 1 nitrogen and oxygen atoms in total. The number of alkyl halides is 3. The SMILES string of the molecule is CNC1CC(C)CCC1C(C)(C)CCSC(F)(F)F. The van der Waals surface area contributed by atoms with Crippen LogP contribution in [0.1, 0.15) is 46.5 Å². The Kier molecular flexibility index (Phi) is 6.05. The Balaban J connectivity index is 2.54. The maximum atomic E-state index is 12.2. The quantitative estimate of drug-likeness (QED) is 0.790. The van der Waals surface area contributed by atoms with Crippen molar-refractivity contribution in [3.63, 3.8) is 0 Å². The fourth-order valence-corrected chi connectivity index (χ4v) is 4.11. The molecule has 0 radical (unpaired) electrons. The van der Waals surface area contributed by atoms with Gasteiger partial charge in [-0.15, -0.1) is 0 Å². The first-order valence-electron chi connectivity index (χ1n) is 7.03. The largest absolute Gasteiger partial charge is 0.441 e. The fourth-order valence-electron chi connectivity index (χ4n) is 3.25. The Bertz CT molecular complexity index is 278. The van der Waals surface area contributed by atoms with Crippen LogP contribution in [0.25, 0.3) is 0 Å². The molecule has 1 N–H and O–H groups in total. The minimum Gasteiger partial charge on any atom is -0.317 e. The summed E-state index contributed by atoms with van der Waals surface area (Å²) in [6.45, 7) is 6.50. The van der Waals surface area contributed by atoms with Crippen LogP contribution in [-0.4, -0.2) is 24.4 Å². The summed E-state index contributed by atoms with van der Waals surface area (Å²) in [7, 11) is 1.97. The van der Waals surface area contributed by atoms with E-state index < -0.39 is 5.51 Å². The van der Waals surface area contributed by atoms with E-state index in [2.05, 4.69) is 26.1 Å². The van der Waals surface area contributed by atoms with Crippen LogP contribution in [0.2, 0.25) is 0 Å². The van der Waals surface area contributed by atoms with Crippen LogP contribution < -0.4 is 5.32 Å². The maximum absolute atomic E-state index is 12.2. The summed E-state index contributed by atoms with van der Waals surface area (Å²) < 4.78 is 36.7. The molecule has 1 fully saturated rings. The smallest absolute Gasteiger partial charge is 0.317 e. The molecular formula is C14H26F3NS. The van der Waals surface area contributed by atoms with Crippen LogP contribution in [-0.2, 0) is 0 Å². The number of halogens is 3. The van der Waals surface area contributed by atoms with Gasteiger partial charge in [0.2, 0.25) is 0 Å². The number of hydrogen-bond acceptors (Lipinski definition) is 2. The number of hydrogen-bond donors (Lipinski definition) is 1. The standard InChI is InChI=1S/C14H26F3NS/c1-10-5-6-11(12(9-10)18-4)13(2,3)7-8-19-14(15,16)17/h10-12,18H,5-9H2,1-4H3. The number of thioether (sulfide) groups is 1. The molecule has 0 aromatic heterocycles. The van der Waals surface area contributed by atoms with Crippen LogP contribution >= 0.6 is 11.8 Å². The summed E-state index contributed by atoms with van der Waals surface area (Å²) in [4.78, 5) is 0. The topological polar surface area (TPSA) is 12.0 Å². The van der Waals surface area contributed by atoms with E-state index >= 15 is 0 Å². The lowest BCUT2D eigenvalue weighted by Gasteiger charge is -2.44. The molecule has 3 atom stereocenters. The van der Waals surface area contributed by atoms with E-state index in [1.165, 1.54) is 6.42 Å². The zero-order valence-corrected chi connectivity index (χ0v) is 13.1. The van der Waals surface area contributed by atoms with Crippen molar-refractivity contribution in [3.05, 3.63) is 0 Å². The zero-order valence-electron chi connectivity index (χ0n) is 12.3. The van der Waals surface area contributed by atoms with E-state index in [4.69, 9.17) is 0 Å². The van der Waals surface area contributed by atoms with Gasteiger partial charge in [0.1, 0.15) is 0 Å². The molecule has 3 unspecified atom stereocenters. The van der Waals surface area contributed by atoms with E-state index in [0.717, 1.165) is 12.8 Å². The normalized spacial score (nSPS) is 29.5. The van der Waals surface area contributed by atoms with Gasteiger partial charge in [0, 0.05) is 11.8 Å². The molecule has 1 saturated carbocycles. The molecule has 0 saturated heterocycles. The Morgan fingerprint density at radius 3 is 2.37 bits per heavy atom. The van der Waals surface area contributed by atoms with Crippen LogP contribution in [0, 0.1) is 17.3 Å². The van der Waals surface area contributed by atoms with Crippen LogP contribution in [0.3, 0.4) is 0 Å². The Morgan fingerprint density at radius 2 is 1.84 bits per heavy atom. The molecule has 0 bridgehead atoms. The summed E-state index contributed by atoms with van der Waals surface area (Å²) in [6.07, 6.45) is 4.07. The van der Waals surface area contributed by atoms with Crippen molar-refractivity contribution in [2.45, 2.75) is 58.0 Å². The van der Waals surface area contributed by atoms with Crippen molar-refractivity contribution in [3.8, 4) is 0 Å². The Morgan fingerprint density at radius 1 is 1.21 bits per heavy atom. The first-order valence-corrected chi connectivity index (χ1v) is 8.02. The van der Waals surface area contributed by atoms with E-state index in [1.54, 1.807) is 0 Å². The second-order valence-electron chi connectivity index (χ2n) is 6.45. The van der Waals surface area contributed by atoms with Crippen LogP contribution in [0.15, 0.2) is 0 Å². The van der Waals surface area contributed by atoms with Gasteiger partial charge in [-0.05, 0) is 43.6 Å². The summed E-state index contributed by atoms with van der Waals surface area (Å²) in [5.74, 6) is 1.36. The van der Waals surface area contributed by atoms with Crippen molar-refractivity contribution in [1.82, 2.24) is 5.32 Å². The minimum absolute atomic E-state index is 0.0356. The van der Waals surface area contributed by atoms with Crippen molar-refractivity contribution in [2.24, 2.45) is 17.3 Å². The van der Waals surface area contributed by atoms with Gasteiger partial charge in [-0.3, -0.25) is 0 Å². The van der Waals surface area contributed by atoms with Crippen molar-refractivity contribution in [1.29, 1.82) is 0 Å². The summed E-state index contributed by atoms with van der Waals surface area (Å²) in [5.41, 5.74) is -4.13. The molecule has 0 aromatic rings. The summed E-state index contributed by atoms with van der Waals surface area (Å²) in [5, 5.41) is 3.37. The van der Waals surface area contributed by atoms with Gasteiger partial charge in [0.05, 0.1) is 0 Å². The van der Waals surface area contributed by atoms with E-state index in [0.29, 0.717) is 24.3 Å². The van der Waals surface area contributed by atoms with Gasteiger partial charge in [-0.1, -0.05) is 39.0 Å². The Labute approximate surface area is 119 Å². The van der Waals surface area contributed by atoms with E-state index in [-0.39, 0.29) is 22.9 Å².